The zero-order chi connectivity index (χ0) is 13.5. The minimum Gasteiger partial charge on any atom is -0.461 e. The van der Waals surface area contributed by atoms with Crippen molar-refractivity contribution in [3.8, 4) is 0 Å². The Morgan fingerprint density at radius 3 is 2.89 bits per heavy atom. The van der Waals surface area contributed by atoms with Crippen molar-refractivity contribution in [1.82, 2.24) is 0 Å². The Hall–Kier alpha value is -0.330. The van der Waals surface area contributed by atoms with Crippen molar-refractivity contribution in [2.24, 2.45) is 0 Å². The van der Waals surface area contributed by atoms with Gasteiger partial charge in [0, 0.05) is 22.8 Å². The second-order valence-corrected chi connectivity index (χ2v) is 7.77. The molecule has 1 saturated heterocycles. The summed E-state index contributed by atoms with van der Waals surface area (Å²) in [5.74, 6) is 1.34. The third kappa shape index (κ3) is 5.54. The fourth-order valence-electron chi connectivity index (χ4n) is 1.18. The Bertz CT molecular complexity index is 354. The molecule has 1 fully saturated rings. The molecule has 0 saturated carbocycles. The smallest absolute Gasteiger partial charge is 0.330 e. The molecule has 0 N–H and O–H groups in total. The van der Waals surface area contributed by atoms with Gasteiger partial charge in [0.25, 0.3) is 0 Å². The van der Waals surface area contributed by atoms with Gasteiger partial charge in [-0.3, -0.25) is 4.79 Å². The molecule has 2 atom stereocenters. The normalized spacial score (nSPS) is 22.5. The average molecular weight is 304 g/mol. The fraction of sp³-hybridized carbons (Fsp3) is 0.500. The molecule has 0 aromatic rings. The van der Waals surface area contributed by atoms with Crippen molar-refractivity contribution in [3.63, 3.8) is 0 Å². The zero-order valence-corrected chi connectivity index (χ0v) is 12.7. The van der Waals surface area contributed by atoms with E-state index < -0.39 is 0 Å². The highest BCUT2D eigenvalue weighted by atomic mass is 32.2. The molecule has 0 aliphatic carbocycles. The molecule has 0 spiro atoms. The predicted molar refractivity (Wildman–Crippen MR) is 81.1 cm³/mol. The molecule has 1 aliphatic rings. The van der Waals surface area contributed by atoms with Crippen LogP contribution in [0, 0.1) is 0 Å². The number of carbonyl (C=O) groups excluding carboxylic acids is 2. The minimum atomic E-state index is -0.379. The Balaban J connectivity index is 2.21. The van der Waals surface area contributed by atoms with Gasteiger partial charge in [-0.25, -0.2) is 4.79 Å². The quantitative estimate of drug-likeness (QED) is 0.555. The van der Waals surface area contributed by atoms with E-state index in [-0.39, 0.29) is 11.1 Å². The molecule has 100 valence electrons. The van der Waals surface area contributed by atoms with E-state index in [0.717, 1.165) is 11.5 Å². The highest BCUT2D eigenvalue weighted by Gasteiger charge is 2.27. The van der Waals surface area contributed by atoms with Crippen molar-refractivity contribution < 1.29 is 14.3 Å². The minimum absolute atomic E-state index is 0.0535. The van der Waals surface area contributed by atoms with Gasteiger partial charge in [-0.2, -0.15) is 0 Å². The molecule has 18 heavy (non-hydrogen) atoms. The Labute approximate surface area is 120 Å². The summed E-state index contributed by atoms with van der Waals surface area (Å²) in [7, 11) is 0. The number of hydrogen-bond acceptors (Lipinski definition) is 6. The molecule has 0 bridgehead atoms. The van der Waals surface area contributed by atoms with Gasteiger partial charge < -0.3 is 4.74 Å². The van der Waals surface area contributed by atoms with Gasteiger partial charge in [0.2, 0.25) is 5.12 Å². The lowest BCUT2D eigenvalue weighted by atomic mass is 10.4. The highest BCUT2D eigenvalue weighted by Crippen LogP contribution is 2.39. The SMILES string of the molecule is C=CC(=O)OCC1CSC(CSC(=O)C(=C)C)S1. The maximum Gasteiger partial charge on any atom is 0.330 e. The molecule has 1 rings (SSSR count). The van der Waals surface area contributed by atoms with Crippen LogP contribution in [0.4, 0.5) is 0 Å². The fourth-order valence-corrected chi connectivity index (χ4v) is 5.50. The maximum atomic E-state index is 11.4. The summed E-state index contributed by atoms with van der Waals surface area (Å²) in [6.07, 6.45) is 1.17. The van der Waals surface area contributed by atoms with E-state index in [2.05, 4.69) is 13.2 Å². The van der Waals surface area contributed by atoms with E-state index >= 15 is 0 Å². The zero-order valence-electron chi connectivity index (χ0n) is 10.2. The van der Waals surface area contributed by atoms with E-state index in [9.17, 15) is 9.59 Å². The lowest BCUT2D eigenvalue weighted by molar-refractivity contribution is -0.137. The molecule has 0 radical (unpaired) electrons. The van der Waals surface area contributed by atoms with Gasteiger partial charge in [-0.05, 0) is 12.5 Å². The van der Waals surface area contributed by atoms with Gasteiger partial charge in [0.05, 0.1) is 4.58 Å². The number of thioether (sulfide) groups is 3. The summed E-state index contributed by atoms with van der Waals surface area (Å²) in [6, 6.07) is 0. The van der Waals surface area contributed by atoms with E-state index in [1.54, 1.807) is 30.4 Å². The van der Waals surface area contributed by atoms with Crippen molar-refractivity contribution in [2.75, 3.05) is 18.1 Å². The number of rotatable bonds is 6. The second kappa shape index (κ2) is 7.96. The summed E-state index contributed by atoms with van der Waals surface area (Å²) in [5, 5.41) is 0.363. The molecule has 6 heteroatoms. The predicted octanol–water partition coefficient (Wildman–Crippen LogP) is 2.73. The van der Waals surface area contributed by atoms with Crippen LogP contribution in [-0.4, -0.2) is 39.0 Å². The molecular formula is C12H16O3S3. The lowest BCUT2D eigenvalue weighted by Crippen LogP contribution is -2.14. The monoisotopic (exact) mass is 304 g/mol. The standard InChI is InChI=1S/C12H16O3S3/c1-4-10(13)15-5-9-6-16-11(18-9)7-17-12(14)8(2)3/h4,9,11H,1-2,5-7H2,3H3. The first-order valence-electron chi connectivity index (χ1n) is 5.41. The van der Waals surface area contributed by atoms with Crippen LogP contribution in [0.3, 0.4) is 0 Å². The maximum absolute atomic E-state index is 11.4. The Morgan fingerprint density at radius 2 is 2.28 bits per heavy atom. The number of carbonyl (C=O) groups is 2. The van der Waals surface area contributed by atoms with Crippen LogP contribution in [0.1, 0.15) is 6.92 Å². The summed E-state index contributed by atoms with van der Waals surface area (Å²) >= 11 is 4.88. The summed E-state index contributed by atoms with van der Waals surface area (Å²) in [6.45, 7) is 9.11. The topological polar surface area (TPSA) is 43.4 Å². The van der Waals surface area contributed by atoms with Gasteiger partial charge in [-0.1, -0.05) is 24.9 Å². The van der Waals surface area contributed by atoms with Crippen LogP contribution in [0.2, 0.25) is 0 Å². The van der Waals surface area contributed by atoms with Crippen molar-refractivity contribution >= 4 is 46.4 Å². The highest BCUT2D eigenvalue weighted by molar-refractivity contribution is 8.22. The van der Waals surface area contributed by atoms with Crippen LogP contribution in [0.25, 0.3) is 0 Å². The van der Waals surface area contributed by atoms with E-state index in [1.165, 1.54) is 17.8 Å². The number of hydrogen-bond donors (Lipinski definition) is 0. The molecular weight excluding hydrogens is 288 g/mol. The largest absolute Gasteiger partial charge is 0.461 e. The van der Waals surface area contributed by atoms with Crippen LogP contribution in [-0.2, 0) is 14.3 Å². The van der Waals surface area contributed by atoms with E-state index in [1.807, 2.05) is 0 Å². The number of ether oxygens (including phenoxy) is 1. The van der Waals surface area contributed by atoms with Crippen LogP contribution in [0.15, 0.2) is 24.8 Å². The lowest BCUT2D eigenvalue weighted by Gasteiger charge is -2.09. The van der Waals surface area contributed by atoms with E-state index in [4.69, 9.17) is 4.74 Å². The molecule has 0 aromatic carbocycles. The van der Waals surface area contributed by atoms with Crippen molar-refractivity contribution in [2.45, 2.75) is 16.8 Å². The van der Waals surface area contributed by atoms with Crippen LogP contribution >= 0.6 is 35.3 Å². The van der Waals surface area contributed by atoms with Crippen molar-refractivity contribution in [3.05, 3.63) is 24.8 Å². The molecule has 1 heterocycles. The molecule has 0 amide bonds. The first-order valence-corrected chi connectivity index (χ1v) is 8.39. The first-order chi connectivity index (χ1) is 8.52. The molecule has 1 aliphatic heterocycles. The third-order valence-electron chi connectivity index (χ3n) is 2.09. The Kier molecular flexibility index (Phi) is 6.96. The third-order valence-corrected chi connectivity index (χ3v) is 6.87. The summed E-state index contributed by atoms with van der Waals surface area (Å²) < 4.78 is 5.39. The van der Waals surface area contributed by atoms with Crippen LogP contribution < -0.4 is 0 Å². The Morgan fingerprint density at radius 1 is 1.56 bits per heavy atom. The van der Waals surface area contributed by atoms with Crippen molar-refractivity contribution in [1.29, 1.82) is 0 Å². The summed E-state index contributed by atoms with van der Waals surface area (Å²) in [5.41, 5.74) is 0.587. The first kappa shape index (κ1) is 15.7. The molecule has 0 aromatic heterocycles. The van der Waals surface area contributed by atoms with Gasteiger partial charge in [0.1, 0.15) is 6.61 Å². The van der Waals surface area contributed by atoms with Crippen LogP contribution in [0.5, 0.6) is 0 Å². The average Bonchev–Trinajstić information content (AvgIpc) is 2.80. The second-order valence-electron chi connectivity index (χ2n) is 3.73. The molecule has 2 unspecified atom stereocenters. The van der Waals surface area contributed by atoms with E-state index in [0.29, 0.717) is 22.0 Å². The van der Waals surface area contributed by atoms with Gasteiger partial charge in [0.15, 0.2) is 0 Å². The summed E-state index contributed by atoms with van der Waals surface area (Å²) in [4.78, 5) is 22.3. The van der Waals surface area contributed by atoms with Gasteiger partial charge >= 0.3 is 5.97 Å². The van der Waals surface area contributed by atoms with Gasteiger partial charge in [-0.15, -0.1) is 23.5 Å². The number of esters is 1. The molecule has 3 nitrogen and oxygen atoms in total.